The molecule has 0 saturated carbocycles. The monoisotopic (exact) mass is 271 g/mol. The molecule has 0 aliphatic heterocycles. The molecule has 1 atom stereocenters. The Morgan fingerprint density at radius 2 is 1.79 bits per heavy atom. The van der Waals surface area contributed by atoms with Crippen LogP contribution in [0.25, 0.3) is 0 Å². The Labute approximate surface area is 117 Å². The molecule has 0 aromatic rings. The molecule has 1 unspecified atom stereocenters. The van der Waals surface area contributed by atoms with E-state index in [-0.39, 0.29) is 17.9 Å². The summed E-state index contributed by atoms with van der Waals surface area (Å²) in [6.45, 7) is 7.74. The van der Waals surface area contributed by atoms with E-state index in [1.807, 2.05) is 27.9 Å². The summed E-state index contributed by atoms with van der Waals surface area (Å²) in [5.74, 6) is 0.0586. The van der Waals surface area contributed by atoms with Crippen molar-refractivity contribution in [1.29, 1.82) is 0 Å². The van der Waals surface area contributed by atoms with Gasteiger partial charge in [0.25, 0.3) is 0 Å². The summed E-state index contributed by atoms with van der Waals surface area (Å²) in [6.07, 6.45) is 2.23. The average molecular weight is 271 g/mol. The highest BCUT2D eigenvalue weighted by molar-refractivity contribution is 5.78. The van der Waals surface area contributed by atoms with Gasteiger partial charge in [-0.05, 0) is 40.4 Å². The summed E-state index contributed by atoms with van der Waals surface area (Å²) < 4.78 is 0. The minimum absolute atomic E-state index is 0.0215. The van der Waals surface area contributed by atoms with E-state index in [2.05, 4.69) is 10.2 Å². The molecule has 0 bridgehead atoms. The lowest BCUT2D eigenvalue weighted by Gasteiger charge is -2.22. The summed E-state index contributed by atoms with van der Waals surface area (Å²) in [5.41, 5.74) is 0. The van der Waals surface area contributed by atoms with Crippen molar-refractivity contribution in [3.8, 4) is 0 Å². The van der Waals surface area contributed by atoms with Crippen molar-refractivity contribution in [3.05, 3.63) is 0 Å². The molecule has 0 aromatic heterocycles. The van der Waals surface area contributed by atoms with Crippen molar-refractivity contribution in [3.63, 3.8) is 0 Å². The molecule has 5 heteroatoms. The Kier molecular flexibility index (Phi) is 9.21. The van der Waals surface area contributed by atoms with Crippen LogP contribution in [0.5, 0.6) is 0 Å². The van der Waals surface area contributed by atoms with E-state index in [0.717, 1.165) is 19.4 Å². The van der Waals surface area contributed by atoms with Crippen LogP contribution < -0.4 is 5.32 Å². The predicted octanol–water partition coefficient (Wildman–Crippen LogP) is 1.09. The fraction of sp³-hybridized carbons (Fsp3) is 0.857. The quantitative estimate of drug-likeness (QED) is 0.683. The maximum atomic E-state index is 11.7. The number of carbonyl (C=O) groups is 2. The van der Waals surface area contributed by atoms with Crippen LogP contribution in [0.2, 0.25) is 0 Å². The Morgan fingerprint density at radius 1 is 1.16 bits per heavy atom. The highest BCUT2D eigenvalue weighted by Crippen LogP contribution is 1.98. The van der Waals surface area contributed by atoms with Gasteiger partial charge >= 0.3 is 0 Å². The molecule has 0 radical (unpaired) electrons. The summed E-state index contributed by atoms with van der Waals surface area (Å²) >= 11 is 0. The van der Waals surface area contributed by atoms with Gasteiger partial charge in [-0.1, -0.05) is 6.92 Å². The Hall–Kier alpha value is -1.10. The van der Waals surface area contributed by atoms with Crippen molar-refractivity contribution in [1.82, 2.24) is 15.1 Å². The second-order valence-electron chi connectivity index (χ2n) is 5.29. The third kappa shape index (κ3) is 9.47. The standard InChI is InChI=1S/C14H29N3O2/c1-6-12(2)15-14(19)8-11-17(13(3)18)10-7-9-16(4)5/h12H,6-11H2,1-5H3,(H,15,19). The van der Waals surface area contributed by atoms with E-state index in [9.17, 15) is 9.59 Å². The Morgan fingerprint density at radius 3 is 2.26 bits per heavy atom. The second-order valence-corrected chi connectivity index (χ2v) is 5.29. The first-order valence-electron chi connectivity index (χ1n) is 7.06. The molecule has 1 N–H and O–H groups in total. The first-order chi connectivity index (χ1) is 8.86. The maximum Gasteiger partial charge on any atom is 0.221 e. The van der Waals surface area contributed by atoms with Crippen LogP contribution >= 0.6 is 0 Å². The van der Waals surface area contributed by atoms with Crippen LogP contribution in [0.1, 0.15) is 40.0 Å². The summed E-state index contributed by atoms with van der Waals surface area (Å²) in [7, 11) is 4.02. The Bertz CT molecular complexity index is 280. The van der Waals surface area contributed by atoms with Gasteiger partial charge in [0, 0.05) is 32.5 Å². The maximum absolute atomic E-state index is 11.7. The normalized spacial score (nSPS) is 12.3. The molecule has 0 aliphatic rings. The fourth-order valence-electron chi connectivity index (χ4n) is 1.69. The zero-order valence-corrected chi connectivity index (χ0v) is 13.0. The van der Waals surface area contributed by atoms with Gasteiger partial charge in [-0.3, -0.25) is 9.59 Å². The highest BCUT2D eigenvalue weighted by atomic mass is 16.2. The average Bonchev–Trinajstić information content (AvgIpc) is 2.32. The van der Waals surface area contributed by atoms with Crippen LogP contribution in [0, 0.1) is 0 Å². The van der Waals surface area contributed by atoms with Crippen LogP contribution in [-0.4, -0.2) is 61.4 Å². The van der Waals surface area contributed by atoms with Gasteiger partial charge in [-0.15, -0.1) is 0 Å². The largest absolute Gasteiger partial charge is 0.354 e. The van der Waals surface area contributed by atoms with Gasteiger partial charge in [-0.2, -0.15) is 0 Å². The fourth-order valence-corrected chi connectivity index (χ4v) is 1.69. The van der Waals surface area contributed by atoms with Gasteiger partial charge in [0.1, 0.15) is 0 Å². The molecule has 0 spiro atoms. The number of hydrogen-bond acceptors (Lipinski definition) is 3. The Balaban J connectivity index is 4.00. The lowest BCUT2D eigenvalue weighted by atomic mass is 10.2. The smallest absolute Gasteiger partial charge is 0.221 e. The molecule has 2 amide bonds. The van der Waals surface area contributed by atoms with E-state index in [1.165, 1.54) is 0 Å². The molecule has 0 saturated heterocycles. The van der Waals surface area contributed by atoms with Crippen molar-refractivity contribution >= 4 is 11.8 Å². The molecule has 0 rings (SSSR count). The molecule has 0 fully saturated rings. The summed E-state index contributed by atoms with van der Waals surface area (Å²) in [6, 6.07) is 0.201. The number of amides is 2. The zero-order chi connectivity index (χ0) is 14.8. The van der Waals surface area contributed by atoms with Crippen LogP contribution in [-0.2, 0) is 9.59 Å². The highest BCUT2D eigenvalue weighted by Gasteiger charge is 2.12. The summed E-state index contributed by atoms with van der Waals surface area (Å²) in [4.78, 5) is 27.0. The van der Waals surface area contributed by atoms with Gasteiger partial charge < -0.3 is 15.1 Å². The first-order valence-corrected chi connectivity index (χ1v) is 7.06. The van der Waals surface area contributed by atoms with Gasteiger partial charge in [-0.25, -0.2) is 0 Å². The minimum atomic E-state index is 0.0215. The minimum Gasteiger partial charge on any atom is -0.354 e. The number of hydrogen-bond donors (Lipinski definition) is 1. The number of rotatable bonds is 9. The van der Waals surface area contributed by atoms with E-state index < -0.39 is 0 Å². The van der Waals surface area contributed by atoms with Gasteiger partial charge in [0.2, 0.25) is 11.8 Å². The first kappa shape index (κ1) is 17.9. The van der Waals surface area contributed by atoms with Crippen molar-refractivity contribution in [2.75, 3.05) is 33.7 Å². The van der Waals surface area contributed by atoms with E-state index in [4.69, 9.17) is 0 Å². The molecular formula is C14H29N3O2. The molecule has 0 aromatic carbocycles. The lowest BCUT2D eigenvalue weighted by Crippen LogP contribution is -2.37. The number of carbonyl (C=O) groups excluding carboxylic acids is 2. The number of nitrogens with zero attached hydrogens (tertiary/aromatic N) is 2. The molecular weight excluding hydrogens is 242 g/mol. The lowest BCUT2D eigenvalue weighted by molar-refractivity contribution is -0.129. The SMILES string of the molecule is CCC(C)NC(=O)CCN(CCCN(C)C)C(C)=O. The van der Waals surface area contributed by atoms with Crippen molar-refractivity contribution < 1.29 is 9.59 Å². The van der Waals surface area contributed by atoms with E-state index in [1.54, 1.807) is 11.8 Å². The van der Waals surface area contributed by atoms with Crippen LogP contribution in [0.4, 0.5) is 0 Å². The molecule has 5 nitrogen and oxygen atoms in total. The van der Waals surface area contributed by atoms with Crippen molar-refractivity contribution in [2.45, 2.75) is 46.1 Å². The topological polar surface area (TPSA) is 52.7 Å². The number of nitrogens with one attached hydrogen (secondary N) is 1. The summed E-state index contributed by atoms with van der Waals surface area (Å²) in [5, 5.41) is 2.91. The van der Waals surface area contributed by atoms with Gasteiger partial charge in [0.15, 0.2) is 0 Å². The molecule has 0 aliphatic carbocycles. The second kappa shape index (κ2) is 9.78. The zero-order valence-electron chi connectivity index (χ0n) is 13.0. The van der Waals surface area contributed by atoms with E-state index in [0.29, 0.717) is 19.5 Å². The molecule has 112 valence electrons. The third-order valence-corrected chi connectivity index (χ3v) is 3.11. The van der Waals surface area contributed by atoms with Crippen LogP contribution in [0.15, 0.2) is 0 Å². The van der Waals surface area contributed by atoms with Crippen molar-refractivity contribution in [2.24, 2.45) is 0 Å². The van der Waals surface area contributed by atoms with Gasteiger partial charge in [0.05, 0.1) is 0 Å². The predicted molar refractivity (Wildman–Crippen MR) is 77.9 cm³/mol. The molecule has 19 heavy (non-hydrogen) atoms. The third-order valence-electron chi connectivity index (χ3n) is 3.11. The molecule has 0 heterocycles. The van der Waals surface area contributed by atoms with E-state index >= 15 is 0 Å². The van der Waals surface area contributed by atoms with Crippen LogP contribution in [0.3, 0.4) is 0 Å².